The number of carbonyl (C=O) groups is 1. The number of nitrogens with one attached hydrogen (secondary N) is 1. The Morgan fingerprint density at radius 2 is 2.59 bits per heavy atom. The van der Waals surface area contributed by atoms with Crippen molar-refractivity contribution in [2.45, 2.75) is 12.8 Å². The fourth-order valence-corrected chi connectivity index (χ4v) is 2.20. The summed E-state index contributed by atoms with van der Waals surface area (Å²) in [5.74, 6) is 0.395. The normalized spacial score (nSPS) is 19.5. The first-order valence-electron chi connectivity index (χ1n) is 5.72. The Morgan fingerprint density at radius 1 is 1.76 bits per heavy atom. The van der Waals surface area contributed by atoms with Crippen molar-refractivity contribution in [3.8, 4) is 0 Å². The van der Waals surface area contributed by atoms with Gasteiger partial charge in [-0.05, 0) is 18.8 Å². The van der Waals surface area contributed by atoms with Crippen LogP contribution < -0.4 is 5.32 Å². The average molecular weight is 258 g/mol. The summed E-state index contributed by atoms with van der Waals surface area (Å²) in [6.07, 6.45) is 3.50. The predicted molar refractivity (Wildman–Crippen MR) is 64.1 cm³/mol. The standard InChI is InChI=1S/C11H16ClN3O2/c1-15-10(9(12)6-14-15)11(16)13-4-2-8-3-5-17-7-8/h6,8H,2-5,7H2,1H3,(H,13,16)/t8-/m1/s1. The molecule has 1 amide bonds. The summed E-state index contributed by atoms with van der Waals surface area (Å²) in [5.41, 5.74) is 0.411. The Labute approximate surface area is 105 Å². The zero-order valence-electron chi connectivity index (χ0n) is 9.78. The molecule has 1 aliphatic heterocycles. The van der Waals surface area contributed by atoms with Gasteiger partial charge in [-0.25, -0.2) is 0 Å². The van der Waals surface area contributed by atoms with E-state index in [2.05, 4.69) is 10.4 Å². The molecule has 6 heteroatoms. The van der Waals surface area contributed by atoms with E-state index in [1.54, 1.807) is 7.05 Å². The Morgan fingerprint density at radius 3 is 3.18 bits per heavy atom. The van der Waals surface area contributed by atoms with E-state index in [0.717, 1.165) is 26.1 Å². The van der Waals surface area contributed by atoms with Crippen LogP contribution in [0.3, 0.4) is 0 Å². The van der Waals surface area contributed by atoms with Crippen LogP contribution in [0.5, 0.6) is 0 Å². The topological polar surface area (TPSA) is 56.2 Å². The number of rotatable bonds is 4. The number of carbonyl (C=O) groups excluding carboxylic acids is 1. The number of ether oxygens (including phenoxy) is 1. The van der Waals surface area contributed by atoms with Crippen LogP contribution in [0.15, 0.2) is 6.20 Å². The molecule has 0 unspecified atom stereocenters. The Balaban J connectivity index is 1.81. The Bertz CT molecular complexity index is 380. The molecule has 0 bridgehead atoms. The molecule has 5 nitrogen and oxygen atoms in total. The van der Waals surface area contributed by atoms with E-state index in [4.69, 9.17) is 16.3 Å². The molecule has 1 aromatic heterocycles. The third kappa shape index (κ3) is 2.98. The van der Waals surface area contributed by atoms with Crippen molar-refractivity contribution in [1.29, 1.82) is 0 Å². The first-order valence-corrected chi connectivity index (χ1v) is 6.09. The number of halogens is 1. The van der Waals surface area contributed by atoms with Gasteiger partial charge in [0.05, 0.1) is 11.2 Å². The van der Waals surface area contributed by atoms with Gasteiger partial charge >= 0.3 is 0 Å². The van der Waals surface area contributed by atoms with Crippen molar-refractivity contribution in [1.82, 2.24) is 15.1 Å². The maximum Gasteiger partial charge on any atom is 0.271 e. The molecule has 1 aromatic rings. The number of aromatic nitrogens is 2. The molecule has 2 rings (SSSR count). The summed E-state index contributed by atoms with van der Waals surface area (Å²) in [6, 6.07) is 0. The third-order valence-corrected chi connectivity index (χ3v) is 3.25. The van der Waals surface area contributed by atoms with Gasteiger partial charge in [0.15, 0.2) is 0 Å². The van der Waals surface area contributed by atoms with E-state index < -0.39 is 0 Å². The molecule has 1 N–H and O–H groups in total. The molecule has 1 fully saturated rings. The maximum atomic E-state index is 11.8. The first kappa shape index (κ1) is 12.4. The minimum atomic E-state index is -0.172. The lowest BCUT2D eigenvalue weighted by atomic mass is 10.1. The monoisotopic (exact) mass is 257 g/mol. The maximum absolute atomic E-state index is 11.8. The summed E-state index contributed by atoms with van der Waals surface area (Å²) in [7, 11) is 1.70. The van der Waals surface area contributed by atoms with Crippen molar-refractivity contribution in [3.63, 3.8) is 0 Å². The number of amides is 1. The lowest BCUT2D eigenvalue weighted by molar-refractivity contribution is 0.0941. The molecular weight excluding hydrogens is 242 g/mol. The number of nitrogens with zero attached hydrogens (tertiary/aromatic N) is 2. The summed E-state index contributed by atoms with van der Waals surface area (Å²) in [4.78, 5) is 11.8. The van der Waals surface area contributed by atoms with E-state index in [1.807, 2.05) is 0 Å². The van der Waals surface area contributed by atoms with E-state index in [0.29, 0.717) is 23.2 Å². The zero-order valence-corrected chi connectivity index (χ0v) is 10.5. The SMILES string of the molecule is Cn1ncc(Cl)c1C(=O)NCC[C@@H]1CCOC1. The van der Waals surface area contributed by atoms with Crippen LogP contribution in [0.2, 0.25) is 5.02 Å². The minimum Gasteiger partial charge on any atom is -0.381 e. The Hall–Kier alpha value is -1.07. The molecule has 1 aliphatic rings. The third-order valence-electron chi connectivity index (χ3n) is 2.97. The number of aryl methyl sites for hydroxylation is 1. The van der Waals surface area contributed by atoms with Gasteiger partial charge in [-0.3, -0.25) is 9.48 Å². The molecule has 1 atom stereocenters. The van der Waals surface area contributed by atoms with Gasteiger partial charge in [0.2, 0.25) is 0 Å². The van der Waals surface area contributed by atoms with E-state index in [9.17, 15) is 4.79 Å². The smallest absolute Gasteiger partial charge is 0.271 e. The summed E-state index contributed by atoms with van der Waals surface area (Å²) in [5, 5.41) is 7.16. The van der Waals surface area contributed by atoms with Crippen molar-refractivity contribution in [3.05, 3.63) is 16.9 Å². The minimum absolute atomic E-state index is 0.172. The second kappa shape index (κ2) is 5.51. The lowest BCUT2D eigenvalue weighted by Gasteiger charge is -2.09. The highest BCUT2D eigenvalue weighted by Crippen LogP contribution is 2.16. The second-order valence-electron chi connectivity index (χ2n) is 4.24. The van der Waals surface area contributed by atoms with Gasteiger partial charge in [-0.2, -0.15) is 5.10 Å². The first-order chi connectivity index (χ1) is 8.18. The van der Waals surface area contributed by atoms with E-state index in [1.165, 1.54) is 10.9 Å². The molecule has 0 radical (unpaired) electrons. The molecular formula is C11H16ClN3O2. The quantitative estimate of drug-likeness (QED) is 0.883. The molecule has 94 valence electrons. The molecule has 2 heterocycles. The number of hydrogen-bond acceptors (Lipinski definition) is 3. The predicted octanol–water partition coefficient (Wildman–Crippen LogP) is 1.23. The van der Waals surface area contributed by atoms with E-state index >= 15 is 0 Å². The van der Waals surface area contributed by atoms with Gasteiger partial charge in [0.25, 0.3) is 5.91 Å². The highest BCUT2D eigenvalue weighted by atomic mass is 35.5. The fraction of sp³-hybridized carbons (Fsp3) is 0.636. The van der Waals surface area contributed by atoms with Gasteiger partial charge in [0, 0.05) is 26.8 Å². The van der Waals surface area contributed by atoms with Gasteiger partial charge in [-0.1, -0.05) is 11.6 Å². The molecule has 17 heavy (non-hydrogen) atoms. The summed E-state index contributed by atoms with van der Waals surface area (Å²) >= 11 is 5.88. The van der Waals surface area contributed by atoms with Crippen molar-refractivity contribution >= 4 is 17.5 Å². The van der Waals surface area contributed by atoms with Crippen LogP contribution in [0, 0.1) is 5.92 Å². The second-order valence-corrected chi connectivity index (χ2v) is 4.65. The molecule has 0 saturated carbocycles. The highest BCUT2D eigenvalue weighted by molar-refractivity contribution is 6.33. The van der Waals surface area contributed by atoms with Gasteiger partial charge < -0.3 is 10.1 Å². The van der Waals surface area contributed by atoms with Crippen molar-refractivity contribution < 1.29 is 9.53 Å². The van der Waals surface area contributed by atoms with Gasteiger partial charge in [-0.15, -0.1) is 0 Å². The van der Waals surface area contributed by atoms with E-state index in [-0.39, 0.29) is 5.91 Å². The van der Waals surface area contributed by atoms with Crippen LogP contribution in [-0.4, -0.2) is 35.4 Å². The summed E-state index contributed by atoms with van der Waals surface area (Å²) in [6.45, 7) is 2.29. The number of hydrogen-bond donors (Lipinski definition) is 1. The van der Waals surface area contributed by atoms with Crippen LogP contribution in [0.25, 0.3) is 0 Å². The lowest BCUT2D eigenvalue weighted by Crippen LogP contribution is -2.28. The molecule has 0 aromatic carbocycles. The van der Waals surface area contributed by atoms with Gasteiger partial charge in [0.1, 0.15) is 5.69 Å². The van der Waals surface area contributed by atoms with Crippen LogP contribution in [0.4, 0.5) is 0 Å². The molecule has 0 aliphatic carbocycles. The molecule has 0 spiro atoms. The van der Waals surface area contributed by atoms with Crippen molar-refractivity contribution in [2.24, 2.45) is 13.0 Å². The molecule has 1 saturated heterocycles. The largest absolute Gasteiger partial charge is 0.381 e. The fourth-order valence-electron chi connectivity index (χ4n) is 1.95. The van der Waals surface area contributed by atoms with Crippen LogP contribution in [0.1, 0.15) is 23.3 Å². The van der Waals surface area contributed by atoms with Crippen molar-refractivity contribution in [2.75, 3.05) is 19.8 Å². The van der Waals surface area contributed by atoms with Crippen LogP contribution in [-0.2, 0) is 11.8 Å². The average Bonchev–Trinajstić information content (AvgIpc) is 2.89. The highest BCUT2D eigenvalue weighted by Gasteiger charge is 2.18. The zero-order chi connectivity index (χ0) is 12.3. The Kier molecular flexibility index (Phi) is 4.02. The summed E-state index contributed by atoms with van der Waals surface area (Å²) < 4.78 is 6.76. The van der Waals surface area contributed by atoms with Crippen LogP contribution >= 0.6 is 11.6 Å².